The molecule has 3 nitrogen and oxygen atoms in total. The van der Waals surface area contributed by atoms with Crippen molar-refractivity contribution in [1.29, 1.82) is 0 Å². The summed E-state index contributed by atoms with van der Waals surface area (Å²) in [6.07, 6.45) is 4.95. The number of anilines is 1. The van der Waals surface area contributed by atoms with Gasteiger partial charge in [-0.1, -0.05) is 6.07 Å². The minimum absolute atomic E-state index is 0.286. The van der Waals surface area contributed by atoms with E-state index in [2.05, 4.69) is 17.4 Å². The van der Waals surface area contributed by atoms with Crippen LogP contribution in [-0.2, 0) is 11.2 Å². The highest BCUT2D eigenvalue weighted by atomic mass is 16.5. The van der Waals surface area contributed by atoms with E-state index in [1.54, 1.807) is 0 Å². The molecule has 0 amide bonds. The number of nitrogens with one attached hydrogen (secondary N) is 1. The van der Waals surface area contributed by atoms with Gasteiger partial charge >= 0.3 is 0 Å². The van der Waals surface area contributed by atoms with Crippen LogP contribution in [0, 0.1) is 0 Å². The fraction of sp³-hybridized carbons (Fsp3) is 0.571. The Labute approximate surface area is 102 Å². The van der Waals surface area contributed by atoms with Crippen molar-refractivity contribution in [2.75, 3.05) is 25.1 Å². The van der Waals surface area contributed by atoms with Crippen LogP contribution in [0.2, 0.25) is 0 Å². The standard InChI is InChI=1S/C14H19NO2/c1-2-9-16-11(4-1)10-17-14-6-3-5-13-12(14)7-8-15-13/h3,5-6,11,15H,1-2,4,7-10H2. The van der Waals surface area contributed by atoms with Gasteiger partial charge in [0.2, 0.25) is 0 Å². The second kappa shape index (κ2) is 4.96. The third kappa shape index (κ3) is 2.39. The fourth-order valence-electron chi connectivity index (χ4n) is 2.57. The first kappa shape index (κ1) is 10.9. The quantitative estimate of drug-likeness (QED) is 0.870. The van der Waals surface area contributed by atoms with Gasteiger partial charge in [-0.3, -0.25) is 0 Å². The van der Waals surface area contributed by atoms with E-state index >= 15 is 0 Å². The van der Waals surface area contributed by atoms with Gasteiger partial charge in [-0.2, -0.15) is 0 Å². The molecule has 3 rings (SSSR count). The molecule has 2 aliphatic rings. The first-order valence-corrected chi connectivity index (χ1v) is 6.53. The molecule has 1 aromatic rings. The Balaban J connectivity index is 1.63. The van der Waals surface area contributed by atoms with Crippen LogP contribution in [0.5, 0.6) is 5.75 Å². The lowest BCUT2D eigenvalue weighted by molar-refractivity contribution is -0.0112. The summed E-state index contributed by atoms with van der Waals surface area (Å²) in [5.74, 6) is 1.03. The number of benzene rings is 1. The molecule has 0 bridgehead atoms. The predicted octanol–water partition coefficient (Wildman–Crippen LogP) is 2.60. The van der Waals surface area contributed by atoms with Crippen molar-refractivity contribution in [3.8, 4) is 5.75 Å². The van der Waals surface area contributed by atoms with Crippen LogP contribution < -0.4 is 10.1 Å². The van der Waals surface area contributed by atoms with Gasteiger partial charge in [0, 0.05) is 24.4 Å². The van der Waals surface area contributed by atoms with Crippen molar-refractivity contribution < 1.29 is 9.47 Å². The van der Waals surface area contributed by atoms with E-state index in [4.69, 9.17) is 9.47 Å². The number of rotatable bonds is 3. The maximum absolute atomic E-state index is 5.92. The van der Waals surface area contributed by atoms with E-state index in [0.717, 1.165) is 31.7 Å². The molecule has 0 radical (unpaired) electrons. The summed E-state index contributed by atoms with van der Waals surface area (Å²) >= 11 is 0. The summed E-state index contributed by atoms with van der Waals surface area (Å²) in [4.78, 5) is 0. The van der Waals surface area contributed by atoms with E-state index < -0.39 is 0 Å². The molecule has 1 atom stereocenters. The zero-order valence-electron chi connectivity index (χ0n) is 10.1. The maximum atomic E-state index is 5.92. The van der Waals surface area contributed by atoms with Gasteiger partial charge in [-0.25, -0.2) is 0 Å². The zero-order valence-corrected chi connectivity index (χ0v) is 10.1. The summed E-state index contributed by atoms with van der Waals surface area (Å²) in [6.45, 7) is 2.61. The van der Waals surface area contributed by atoms with E-state index in [1.165, 1.54) is 24.1 Å². The normalized spacial score (nSPS) is 22.9. The number of fused-ring (bicyclic) bond motifs is 1. The van der Waals surface area contributed by atoms with Crippen molar-refractivity contribution in [3.63, 3.8) is 0 Å². The van der Waals surface area contributed by atoms with E-state index in [9.17, 15) is 0 Å². The molecule has 0 saturated carbocycles. The van der Waals surface area contributed by atoms with Gasteiger partial charge in [0.25, 0.3) is 0 Å². The van der Waals surface area contributed by atoms with Crippen molar-refractivity contribution in [1.82, 2.24) is 0 Å². The summed E-state index contributed by atoms with van der Waals surface area (Å²) in [5, 5.41) is 3.37. The molecule has 1 N–H and O–H groups in total. The van der Waals surface area contributed by atoms with Gasteiger partial charge in [0.1, 0.15) is 12.4 Å². The van der Waals surface area contributed by atoms with Crippen LogP contribution >= 0.6 is 0 Å². The lowest BCUT2D eigenvalue weighted by atomic mass is 10.1. The molecular weight excluding hydrogens is 214 g/mol. The fourth-order valence-corrected chi connectivity index (χ4v) is 2.57. The third-order valence-corrected chi connectivity index (χ3v) is 3.52. The van der Waals surface area contributed by atoms with Crippen LogP contribution in [0.1, 0.15) is 24.8 Å². The summed E-state index contributed by atoms with van der Waals surface area (Å²) in [6, 6.07) is 6.23. The van der Waals surface area contributed by atoms with Gasteiger partial charge in [0.05, 0.1) is 6.10 Å². The molecule has 2 heterocycles. The molecule has 0 spiro atoms. The molecule has 0 aromatic heterocycles. The number of hydrogen-bond donors (Lipinski definition) is 1. The van der Waals surface area contributed by atoms with Gasteiger partial charge < -0.3 is 14.8 Å². The van der Waals surface area contributed by atoms with E-state index in [1.807, 2.05) is 6.07 Å². The molecule has 1 unspecified atom stereocenters. The Hall–Kier alpha value is -1.22. The zero-order chi connectivity index (χ0) is 11.5. The molecule has 2 aliphatic heterocycles. The molecule has 1 aromatic carbocycles. The Kier molecular flexibility index (Phi) is 3.18. The van der Waals surface area contributed by atoms with Crippen LogP contribution in [0.4, 0.5) is 5.69 Å². The summed E-state index contributed by atoms with van der Waals surface area (Å²) in [7, 11) is 0. The van der Waals surface area contributed by atoms with Gasteiger partial charge in [-0.15, -0.1) is 0 Å². The smallest absolute Gasteiger partial charge is 0.124 e. The topological polar surface area (TPSA) is 30.5 Å². The SMILES string of the molecule is c1cc2c(c(OCC3CCCCO3)c1)CCN2. The largest absolute Gasteiger partial charge is 0.491 e. The Morgan fingerprint density at radius 2 is 2.35 bits per heavy atom. The van der Waals surface area contributed by atoms with Crippen molar-refractivity contribution in [2.24, 2.45) is 0 Å². The van der Waals surface area contributed by atoms with E-state index in [0.29, 0.717) is 6.61 Å². The Morgan fingerprint density at radius 1 is 1.35 bits per heavy atom. The van der Waals surface area contributed by atoms with Crippen LogP contribution in [-0.4, -0.2) is 25.9 Å². The van der Waals surface area contributed by atoms with E-state index in [-0.39, 0.29) is 6.10 Å². The molecule has 3 heteroatoms. The highest BCUT2D eigenvalue weighted by Gasteiger charge is 2.18. The maximum Gasteiger partial charge on any atom is 0.124 e. The van der Waals surface area contributed by atoms with Crippen LogP contribution in [0.15, 0.2) is 18.2 Å². The summed E-state index contributed by atoms with van der Waals surface area (Å²) in [5.41, 5.74) is 2.55. The second-order valence-corrected chi connectivity index (χ2v) is 4.76. The Bertz CT molecular complexity index is 386. The minimum Gasteiger partial charge on any atom is -0.491 e. The lowest BCUT2D eigenvalue weighted by Crippen LogP contribution is -2.25. The van der Waals surface area contributed by atoms with Gasteiger partial charge in [-0.05, 0) is 37.8 Å². The first-order valence-electron chi connectivity index (χ1n) is 6.53. The average molecular weight is 233 g/mol. The van der Waals surface area contributed by atoms with Crippen LogP contribution in [0.3, 0.4) is 0 Å². The van der Waals surface area contributed by atoms with Crippen molar-refractivity contribution in [2.45, 2.75) is 31.8 Å². The summed E-state index contributed by atoms with van der Waals surface area (Å²) < 4.78 is 11.6. The number of ether oxygens (including phenoxy) is 2. The number of hydrogen-bond acceptors (Lipinski definition) is 3. The van der Waals surface area contributed by atoms with Crippen molar-refractivity contribution >= 4 is 5.69 Å². The highest BCUT2D eigenvalue weighted by Crippen LogP contribution is 2.31. The monoisotopic (exact) mass is 233 g/mol. The van der Waals surface area contributed by atoms with Crippen molar-refractivity contribution in [3.05, 3.63) is 23.8 Å². The molecule has 17 heavy (non-hydrogen) atoms. The third-order valence-electron chi connectivity index (χ3n) is 3.52. The molecule has 92 valence electrons. The minimum atomic E-state index is 0.286. The predicted molar refractivity (Wildman–Crippen MR) is 67.7 cm³/mol. The molecule has 1 fully saturated rings. The lowest BCUT2D eigenvalue weighted by Gasteiger charge is -2.23. The Morgan fingerprint density at radius 3 is 3.24 bits per heavy atom. The molecule has 0 aliphatic carbocycles. The average Bonchev–Trinajstić information content (AvgIpc) is 2.86. The van der Waals surface area contributed by atoms with Gasteiger partial charge in [0.15, 0.2) is 0 Å². The second-order valence-electron chi connectivity index (χ2n) is 4.76. The first-order chi connectivity index (χ1) is 8.43. The highest BCUT2D eigenvalue weighted by molar-refractivity contribution is 5.61. The van der Waals surface area contributed by atoms with Crippen LogP contribution in [0.25, 0.3) is 0 Å². The molecule has 1 saturated heterocycles. The molecular formula is C14H19NO2.